The van der Waals surface area contributed by atoms with Crippen molar-refractivity contribution in [3.05, 3.63) is 12.7 Å². The third-order valence-electron chi connectivity index (χ3n) is 1.54. The summed E-state index contributed by atoms with van der Waals surface area (Å²) in [7, 11) is -3.17. The minimum atomic E-state index is -3.17. The number of nitrogens with one attached hydrogen (secondary N) is 1. The van der Waals surface area contributed by atoms with E-state index in [1.807, 2.05) is 0 Å². The summed E-state index contributed by atoms with van der Waals surface area (Å²) in [6.07, 6.45) is 2.46. The van der Waals surface area contributed by atoms with Crippen molar-refractivity contribution in [3.63, 3.8) is 0 Å². The van der Waals surface area contributed by atoms with E-state index in [1.165, 1.54) is 4.31 Å². The number of nitrogens with zero attached hydrogens (tertiary/aromatic N) is 1. The maximum atomic E-state index is 11.1. The molecule has 0 spiro atoms. The van der Waals surface area contributed by atoms with Gasteiger partial charge < -0.3 is 0 Å². The van der Waals surface area contributed by atoms with Gasteiger partial charge in [0.05, 0.1) is 0 Å². The third kappa shape index (κ3) is 2.02. The average Bonchev–Trinajstić information content (AvgIpc) is 1.94. The zero-order chi connectivity index (χ0) is 8.32. The van der Waals surface area contributed by atoms with E-state index >= 15 is 0 Å². The lowest BCUT2D eigenvalue weighted by Crippen LogP contribution is -2.46. The molecular formula is C6H12N2O2S. The molecule has 1 saturated heterocycles. The van der Waals surface area contributed by atoms with E-state index < -0.39 is 10.2 Å². The molecule has 1 aliphatic heterocycles. The summed E-state index contributed by atoms with van der Waals surface area (Å²) < 4.78 is 26.1. The summed E-state index contributed by atoms with van der Waals surface area (Å²) in [6, 6.07) is 0. The number of rotatable bonds is 2. The molecule has 0 radical (unpaired) electrons. The Hall–Kier alpha value is -0.390. The molecule has 0 saturated carbocycles. The fraction of sp³-hybridized carbons (Fsp3) is 0.667. The van der Waals surface area contributed by atoms with Crippen molar-refractivity contribution in [3.8, 4) is 0 Å². The first kappa shape index (κ1) is 8.70. The van der Waals surface area contributed by atoms with E-state index in [0.29, 0.717) is 19.6 Å². The molecular weight excluding hydrogens is 164 g/mol. The van der Waals surface area contributed by atoms with E-state index in [1.54, 1.807) is 6.08 Å². The van der Waals surface area contributed by atoms with Crippen LogP contribution in [0.25, 0.3) is 0 Å². The molecule has 0 atom stereocenters. The highest BCUT2D eigenvalue weighted by Gasteiger charge is 2.23. The van der Waals surface area contributed by atoms with Crippen molar-refractivity contribution in [2.24, 2.45) is 0 Å². The van der Waals surface area contributed by atoms with Crippen molar-refractivity contribution >= 4 is 10.2 Å². The van der Waals surface area contributed by atoms with Crippen molar-refractivity contribution in [2.45, 2.75) is 6.42 Å². The summed E-state index contributed by atoms with van der Waals surface area (Å²) >= 11 is 0. The van der Waals surface area contributed by atoms with Crippen LogP contribution in [0.5, 0.6) is 0 Å². The quantitative estimate of drug-likeness (QED) is 0.588. The molecule has 1 heterocycles. The van der Waals surface area contributed by atoms with Gasteiger partial charge in [-0.1, -0.05) is 6.08 Å². The SMILES string of the molecule is C=CCN1CCCNS1(=O)=O. The number of hydrogen-bond acceptors (Lipinski definition) is 2. The highest BCUT2D eigenvalue weighted by molar-refractivity contribution is 7.87. The van der Waals surface area contributed by atoms with E-state index in [2.05, 4.69) is 11.3 Å². The van der Waals surface area contributed by atoms with Crippen LogP contribution in [-0.2, 0) is 10.2 Å². The minimum absolute atomic E-state index is 0.398. The van der Waals surface area contributed by atoms with E-state index in [0.717, 1.165) is 6.42 Å². The second kappa shape index (κ2) is 3.34. The van der Waals surface area contributed by atoms with Gasteiger partial charge in [0.15, 0.2) is 0 Å². The van der Waals surface area contributed by atoms with Gasteiger partial charge in [0.2, 0.25) is 0 Å². The summed E-state index contributed by atoms with van der Waals surface area (Å²) in [6.45, 7) is 5.03. The second-order valence-electron chi connectivity index (χ2n) is 2.40. The van der Waals surface area contributed by atoms with Crippen LogP contribution in [0.15, 0.2) is 12.7 Å². The molecule has 0 bridgehead atoms. The summed E-state index contributed by atoms with van der Waals surface area (Å²) in [5.74, 6) is 0. The molecule has 1 rings (SSSR count). The van der Waals surface area contributed by atoms with Gasteiger partial charge in [0.1, 0.15) is 0 Å². The predicted octanol–water partition coefficient (Wildman–Crippen LogP) is -0.287. The molecule has 0 aliphatic carbocycles. The smallest absolute Gasteiger partial charge is 0.202 e. The lowest BCUT2D eigenvalue weighted by molar-refractivity contribution is 0.400. The topological polar surface area (TPSA) is 49.4 Å². The lowest BCUT2D eigenvalue weighted by atomic mass is 10.4. The Labute approximate surface area is 67.1 Å². The summed E-state index contributed by atoms with van der Waals surface area (Å²) in [4.78, 5) is 0. The van der Waals surface area contributed by atoms with Crippen LogP contribution in [0.3, 0.4) is 0 Å². The summed E-state index contributed by atoms with van der Waals surface area (Å²) in [5, 5.41) is 0. The van der Waals surface area contributed by atoms with Gasteiger partial charge in [0.25, 0.3) is 10.2 Å². The highest BCUT2D eigenvalue weighted by atomic mass is 32.2. The van der Waals surface area contributed by atoms with Crippen molar-refractivity contribution in [1.82, 2.24) is 9.03 Å². The van der Waals surface area contributed by atoms with Crippen LogP contribution in [0.1, 0.15) is 6.42 Å². The molecule has 0 aromatic carbocycles. The number of hydrogen-bond donors (Lipinski definition) is 1. The average molecular weight is 176 g/mol. The molecule has 0 unspecified atom stereocenters. The molecule has 1 aliphatic rings. The van der Waals surface area contributed by atoms with Crippen LogP contribution in [0, 0.1) is 0 Å². The Kier molecular flexibility index (Phi) is 2.64. The fourth-order valence-corrected chi connectivity index (χ4v) is 2.26. The zero-order valence-corrected chi connectivity index (χ0v) is 7.10. The monoisotopic (exact) mass is 176 g/mol. The van der Waals surface area contributed by atoms with Gasteiger partial charge in [0, 0.05) is 19.6 Å². The fourth-order valence-electron chi connectivity index (χ4n) is 1.00. The Morgan fingerprint density at radius 3 is 2.91 bits per heavy atom. The molecule has 0 aromatic heterocycles. The standard InChI is InChI=1S/C6H12N2O2S/c1-2-5-8-6-3-4-7-11(8,9)10/h2,7H,1,3-6H2. The molecule has 0 aromatic rings. The van der Waals surface area contributed by atoms with Gasteiger partial charge >= 0.3 is 0 Å². The molecule has 0 amide bonds. The maximum absolute atomic E-state index is 11.1. The Balaban J connectivity index is 2.67. The molecule has 5 heteroatoms. The summed E-state index contributed by atoms with van der Waals surface area (Å²) in [5.41, 5.74) is 0. The Morgan fingerprint density at radius 2 is 2.36 bits per heavy atom. The molecule has 11 heavy (non-hydrogen) atoms. The zero-order valence-electron chi connectivity index (χ0n) is 6.28. The molecule has 64 valence electrons. The first-order valence-corrected chi connectivity index (χ1v) is 4.96. The van der Waals surface area contributed by atoms with E-state index in [9.17, 15) is 8.42 Å². The molecule has 1 N–H and O–H groups in total. The van der Waals surface area contributed by atoms with Crippen LogP contribution < -0.4 is 4.72 Å². The van der Waals surface area contributed by atoms with Gasteiger partial charge in [-0.3, -0.25) is 0 Å². The predicted molar refractivity (Wildman–Crippen MR) is 43.3 cm³/mol. The van der Waals surface area contributed by atoms with E-state index in [4.69, 9.17) is 0 Å². The third-order valence-corrected chi connectivity index (χ3v) is 3.12. The van der Waals surface area contributed by atoms with Crippen LogP contribution >= 0.6 is 0 Å². The minimum Gasteiger partial charge on any atom is -0.202 e. The lowest BCUT2D eigenvalue weighted by Gasteiger charge is -2.25. The molecule has 1 fully saturated rings. The highest BCUT2D eigenvalue weighted by Crippen LogP contribution is 2.04. The van der Waals surface area contributed by atoms with Crippen LogP contribution in [-0.4, -0.2) is 32.4 Å². The Bertz CT molecular complexity index is 235. The van der Waals surface area contributed by atoms with Gasteiger partial charge in [-0.15, -0.1) is 6.58 Å². The van der Waals surface area contributed by atoms with Crippen molar-refractivity contribution in [1.29, 1.82) is 0 Å². The van der Waals surface area contributed by atoms with Gasteiger partial charge in [-0.25, -0.2) is 4.72 Å². The van der Waals surface area contributed by atoms with Crippen LogP contribution in [0.2, 0.25) is 0 Å². The first-order chi connectivity index (χ1) is 5.17. The largest absolute Gasteiger partial charge is 0.279 e. The maximum Gasteiger partial charge on any atom is 0.279 e. The Morgan fingerprint density at radius 1 is 1.64 bits per heavy atom. The normalized spacial score (nSPS) is 24.7. The second-order valence-corrected chi connectivity index (χ2v) is 4.15. The van der Waals surface area contributed by atoms with E-state index in [-0.39, 0.29) is 0 Å². The van der Waals surface area contributed by atoms with Gasteiger partial charge in [-0.05, 0) is 6.42 Å². The van der Waals surface area contributed by atoms with Gasteiger partial charge in [-0.2, -0.15) is 12.7 Å². The van der Waals surface area contributed by atoms with Crippen molar-refractivity contribution in [2.75, 3.05) is 19.6 Å². The first-order valence-electron chi connectivity index (χ1n) is 3.52. The van der Waals surface area contributed by atoms with Crippen LogP contribution in [0.4, 0.5) is 0 Å². The van der Waals surface area contributed by atoms with Crippen molar-refractivity contribution < 1.29 is 8.42 Å². The molecule has 4 nitrogen and oxygen atoms in total.